The Morgan fingerprint density at radius 1 is 0.897 bits per heavy atom. The van der Waals surface area contributed by atoms with E-state index in [-0.39, 0.29) is 17.1 Å². The smallest absolute Gasteiger partial charge is 0.310 e. The highest BCUT2D eigenvalue weighted by molar-refractivity contribution is 7.90. The summed E-state index contributed by atoms with van der Waals surface area (Å²) in [4.78, 5) is 20.9. The van der Waals surface area contributed by atoms with Crippen LogP contribution in [0.15, 0.2) is 96.3 Å². The first-order chi connectivity index (χ1) is 18.5. The van der Waals surface area contributed by atoms with E-state index in [2.05, 4.69) is 15.3 Å². The molecule has 5 rings (SSSR count). The van der Waals surface area contributed by atoms with Gasteiger partial charge in [-0.2, -0.15) is 13.2 Å². The van der Waals surface area contributed by atoms with Gasteiger partial charge in [0.2, 0.25) is 5.91 Å². The van der Waals surface area contributed by atoms with Crippen molar-refractivity contribution in [2.75, 3.05) is 11.6 Å². The van der Waals surface area contributed by atoms with Crippen LogP contribution in [0.5, 0.6) is 0 Å². The predicted molar refractivity (Wildman–Crippen MR) is 141 cm³/mol. The number of carbonyl (C=O) groups is 1. The molecule has 0 atom stereocenters. The molecule has 0 fully saturated rings. The predicted octanol–water partition coefficient (Wildman–Crippen LogP) is 5.67. The highest BCUT2D eigenvalue weighted by atomic mass is 32.2. The molecule has 39 heavy (non-hydrogen) atoms. The summed E-state index contributed by atoms with van der Waals surface area (Å²) in [5, 5.41) is 2.40. The number of rotatable bonds is 6. The summed E-state index contributed by atoms with van der Waals surface area (Å²) in [7, 11) is -3.27. The molecule has 1 N–H and O–H groups in total. The standard InChI is InChI=1S/C28H21F3N4O3S/c1-39(37,38)23-8-6-19(7-9-23)21-11-13-35-24(17-33-26(35)15-21)20-4-2-18(3-5-20)14-27(36)34-25-16-22(10-12-32-25)28(29,30)31/h2-13,15-17H,14H2,1H3,(H,32,34,36). The molecule has 0 spiro atoms. The van der Waals surface area contributed by atoms with Crippen LogP contribution >= 0.6 is 0 Å². The van der Waals surface area contributed by atoms with E-state index >= 15 is 0 Å². The van der Waals surface area contributed by atoms with Gasteiger partial charge >= 0.3 is 6.18 Å². The molecule has 7 nitrogen and oxygen atoms in total. The van der Waals surface area contributed by atoms with Crippen molar-refractivity contribution in [3.8, 4) is 22.4 Å². The number of pyridine rings is 2. The van der Waals surface area contributed by atoms with Gasteiger partial charge in [0.25, 0.3) is 0 Å². The number of nitrogens with one attached hydrogen (secondary N) is 1. The SMILES string of the molecule is CS(=O)(=O)c1ccc(-c2ccn3c(-c4ccc(CC(=O)Nc5cc(C(F)(F)F)ccn5)cc4)cnc3c2)cc1. The molecule has 11 heteroatoms. The van der Waals surface area contributed by atoms with Gasteiger partial charge in [-0.25, -0.2) is 18.4 Å². The van der Waals surface area contributed by atoms with Crippen LogP contribution in [0.3, 0.4) is 0 Å². The summed E-state index contributed by atoms with van der Waals surface area (Å²) >= 11 is 0. The second-order valence-corrected chi connectivity index (χ2v) is 10.9. The van der Waals surface area contributed by atoms with E-state index in [9.17, 15) is 26.4 Å². The van der Waals surface area contributed by atoms with Crippen molar-refractivity contribution >= 4 is 27.2 Å². The van der Waals surface area contributed by atoms with Gasteiger partial charge in [0.05, 0.1) is 28.8 Å². The third kappa shape index (κ3) is 5.83. The molecular weight excluding hydrogens is 529 g/mol. The largest absolute Gasteiger partial charge is 0.416 e. The fourth-order valence-electron chi connectivity index (χ4n) is 4.11. The topological polar surface area (TPSA) is 93.4 Å². The summed E-state index contributed by atoms with van der Waals surface area (Å²) in [5.41, 5.74) is 3.92. The van der Waals surface area contributed by atoms with Crippen LogP contribution in [0.25, 0.3) is 28.0 Å². The monoisotopic (exact) mass is 550 g/mol. The number of alkyl halides is 3. The van der Waals surface area contributed by atoms with Crippen molar-refractivity contribution in [2.45, 2.75) is 17.5 Å². The number of hydrogen-bond donors (Lipinski definition) is 1. The Balaban J connectivity index is 1.30. The average Bonchev–Trinajstić information content (AvgIpc) is 3.32. The van der Waals surface area contributed by atoms with Gasteiger partial charge in [-0.05, 0) is 53.1 Å². The maximum Gasteiger partial charge on any atom is 0.416 e. The number of benzene rings is 2. The minimum atomic E-state index is -4.52. The molecule has 2 aromatic carbocycles. The molecule has 0 aliphatic rings. The minimum absolute atomic E-state index is 0.0349. The Morgan fingerprint density at radius 2 is 1.59 bits per heavy atom. The molecule has 0 aliphatic heterocycles. The fourth-order valence-corrected chi connectivity index (χ4v) is 4.74. The van der Waals surface area contributed by atoms with E-state index in [0.29, 0.717) is 11.2 Å². The van der Waals surface area contributed by atoms with Gasteiger partial charge in [-0.3, -0.25) is 9.20 Å². The average molecular weight is 551 g/mol. The van der Waals surface area contributed by atoms with Gasteiger partial charge < -0.3 is 5.32 Å². The van der Waals surface area contributed by atoms with E-state index in [0.717, 1.165) is 40.7 Å². The molecule has 0 saturated carbocycles. The molecule has 3 aromatic heterocycles. The second kappa shape index (κ2) is 9.99. The molecule has 198 valence electrons. The Labute approximate surface area is 221 Å². The van der Waals surface area contributed by atoms with E-state index in [1.807, 2.05) is 34.9 Å². The quantitative estimate of drug-likeness (QED) is 0.294. The van der Waals surface area contributed by atoms with E-state index in [1.165, 1.54) is 6.26 Å². The summed E-state index contributed by atoms with van der Waals surface area (Å²) in [6.07, 6.45) is 1.21. The summed E-state index contributed by atoms with van der Waals surface area (Å²) in [6, 6.07) is 19.3. The highest BCUT2D eigenvalue weighted by Gasteiger charge is 2.30. The highest BCUT2D eigenvalue weighted by Crippen LogP contribution is 2.30. The number of amides is 1. The van der Waals surface area contributed by atoms with Crippen molar-refractivity contribution in [3.05, 3.63) is 103 Å². The number of sulfone groups is 1. The van der Waals surface area contributed by atoms with Crippen LogP contribution in [0.2, 0.25) is 0 Å². The lowest BCUT2D eigenvalue weighted by Gasteiger charge is -2.09. The van der Waals surface area contributed by atoms with Crippen LogP contribution in [0.4, 0.5) is 19.0 Å². The minimum Gasteiger partial charge on any atom is -0.310 e. The number of fused-ring (bicyclic) bond motifs is 1. The molecular formula is C28H21F3N4O3S. The van der Waals surface area contributed by atoms with E-state index in [1.54, 1.807) is 42.6 Å². The fraction of sp³-hybridized carbons (Fsp3) is 0.107. The van der Waals surface area contributed by atoms with Crippen LogP contribution in [-0.4, -0.2) is 34.9 Å². The zero-order valence-corrected chi connectivity index (χ0v) is 21.3. The number of aromatic nitrogens is 3. The van der Waals surface area contributed by atoms with E-state index in [4.69, 9.17) is 0 Å². The van der Waals surface area contributed by atoms with Gasteiger partial charge in [-0.1, -0.05) is 36.4 Å². The number of anilines is 1. The lowest BCUT2D eigenvalue weighted by molar-refractivity contribution is -0.137. The lowest BCUT2D eigenvalue weighted by atomic mass is 10.1. The third-order valence-corrected chi connectivity index (χ3v) is 7.23. The Kier molecular flexibility index (Phi) is 6.69. The van der Waals surface area contributed by atoms with Crippen molar-refractivity contribution < 1.29 is 26.4 Å². The summed E-state index contributed by atoms with van der Waals surface area (Å²) < 4.78 is 64.0. The molecule has 0 bridgehead atoms. The number of nitrogens with zero attached hydrogens (tertiary/aromatic N) is 3. The third-order valence-electron chi connectivity index (χ3n) is 6.10. The Hall–Kier alpha value is -4.51. The Bertz CT molecular complexity index is 1780. The number of hydrogen-bond acceptors (Lipinski definition) is 5. The normalized spacial score (nSPS) is 12.0. The van der Waals surface area contributed by atoms with Crippen LogP contribution in [-0.2, 0) is 27.2 Å². The van der Waals surface area contributed by atoms with Gasteiger partial charge in [-0.15, -0.1) is 0 Å². The first kappa shape index (κ1) is 26.1. The van der Waals surface area contributed by atoms with Gasteiger partial charge in [0.15, 0.2) is 9.84 Å². The maximum absolute atomic E-state index is 12.9. The number of halogens is 3. The molecule has 0 saturated heterocycles. The van der Waals surface area contributed by atoms with Crippen molar-refractivity contribution in [3.63, 3.8) is 0 Å². The van der Waals surface area contributed by atoms with Gasteiger partial charge in [0.1, 0.15) is 11.5 Å². The molecule has 0 radical (unpaired) electrons. The van der Waals surface area contributed by atoms with E-state index < -0.39 is 27.5 Å². The summed E-state index contributed by atoms with van der Waals surface area (Å²) in [5.74, 6) is -0.649. The number of imidazole rings is 1. The van der Waals surface area contributed by atoms with Crippen molar-refractivity contribution in [1.82, 2.24) is 14.4 Å². The van der Waals surface area contributed by atoms with Crippen LogP contribution in [0.1, 0.15) is 11.1 Å². The molecule has 0 unspecified atom stereocenters. The number of carbonyl (C=O) groups excluding carboxylic acids is 1. The van der Waals surface area contributed by atoms with Gasteiger partial charge in [0, 0.05) is 24.2 Å². The second-order valence-electron chi connectivity index (χ2n) is 8.93. The van der Waals surface area contributed by atoms with Crippen molar-refractivity contribution in [2.24, 2.45) is 0 Å². The zero-order valence-electron chi connectivity index (χ0n) is 20.5. The lowest BCUT2D eigenvalue weighted by Crippen LogP contribution is -2.16. The molecule has 3 heterocycles. The first-order valence-corrected chi connectivity index (χ1v) is 13.6. The summed E-state index contributed by atoms with van der Waals surface area (Å²) in [6.45, 7) is 0. The molecule has 1 amide bonds. The molecule has 0 aliphatic carbocycles. The van der Waals surface area contributed by atoms with Crippen LogP contribution in [0, 0.1) is 0 Å². The molecule has 5 aromatic rings. The van der Waals surface area contributed by atoms with Crippen molar-refractivity contribution in [1.29, 1.82) is 0 Å². The van der Waals surface area contributed by atoms with Crippen LogP contribution < -0.4 is 5.32 Å². The zero-order chi connectivity index (χ0) is 27.8. The first-order valence-electron chi connectivity index (χ1n) is 11.7. The Morgan fingerprint density at radius 3 is 2.26 bits per heavy atom. The maximum atomic E-state index is 12.9.